The normalized spacial score (nSPS) is 15.6. The van der Waals surface area contributed by atoms with Crippen molar-refractivity contribution in [3.63, 3.8) is 0 Å². The van der Waals surface area contributed by atoms with Crippen LogP contribution in [0.5, 0.6) is 0 Å². The van der Waals surface area contributed by atoms with Crippen LogP contribution >= 0.6 is 0 Å². The minimum Gasteiger partial charge on any atom is -0.0761 e. The number of fused-ring (bicyclic) bond motifs is 8. The molecule has 11 aromatic rings. The summed E-state index contributed by atoms with van der Waals surface area (Å²) in [7, 11) is 0. The molecule has 0 heterocycles. The highest BCUT2D eigenvalue weighted by Crippen LogP contribution is 2.54. The lowest BCUT2D eigenvalue weighted by atomic mass is 9.79. The summed E-state index contributed by atoms with van der Waals surface area (Å²) >= 11 is 0. The molecular formula is C74H56. The van der Waals surface area contributed by atoms with Gasteiger partial charge in [0.15, 0.2) is 0 Å². The van der Waals surface area contributed by atoms with Gasteiger partial charge in [-0.05, 0) is 163 Å². The molecule has 1 unspecified atom stereocenters. The van der Waals surface area contributed by atoms with E-state index in [2.05, 4.69) is 276 Å². The fourth-order valence-corrected chi connectivity index (χ4v) is 13.0. The monoisotopic (exact) mass is 944 g/mol. The molecule has 11 aromatic carbocycles. The van der Waals surface area contributed by atoms with Crippen LogP contribution in [0.15, 0.2) is 249 Å². The highest BCUT2D eigenvalue weighted by molar-refractivity contribution is 6.02. The van der Waals surface area contributed by atoms with E-state index in [1.807, 2.05) is 0 Å². The summed E-state index contributed by atoms with van der Waals surface area (Å²) in [6.45, 7) is 9.66. The molecule has 0 aromatic heterocycles. The highest BCUT2D eigenvalue weighted by atomic mass is 14.4. The van der Waals surface area contributed by atoms with Crippen molar-refractivity contribution >= 4 is 27.1 Å². The van der Waals surface area contributed by atoms with Gasteiger partial charge in [0.05, 0.1) is 0 Å². The Morgan fingerprint density at radius 3 is 1.23 bits per heavy atom. The van der Waals surface area contributed by atoms with Gasteiger partial charge in [0.2, 0.25) is 0 Å². The quantitative estimate of drug-likeness (QED) is 0.149. The van der Waals surface area contributed by atoms with Gasteiger partial charge in [-0.1, -0.05) is 258 Å². The van der Waals surface area contributed by atoms with Crippen LogP contribution in [0, 0.1) is 0 Å². The molecule has 0 N–H and O–H groups in total. The van der Waals surface area contributed by atoms with E-state index in [1.54, 1.807) is 0 Å². The summed E-state index contributed by atoms with van der Waals surface area (Å²) in [5, 5.41) is 5.10. The first-order chi connectivity index (χ1) is 36.2. The molecule has 0 spiro atoms. The zero-order valence-electron chi connectivity index (χ0n) is 42.5. The van der Waals surface area contributed by atoms with Crippen molar-refractivity contribution in [1.29, 1.82) is 0 Å². The Labute approximate surface area is 435 Å². The molecule has 74 heavy (non-hydrogen) atoms. The van der Waals surface area contributed by atoms with E-state index in [9.17, 15) is 0 Å². The molecule has 3 aliphatic carbocycles. The average Bonchev–Trinajstić information content (AvgIpc) is 3.85. The maximum atomic E-state index is 2.51. The van der Waals surface area contributed by atoms with Crippen LogP contribution in [0.2, 0.25) is 0 Å². The Morgan fingerprint density at radius 2 is 0.703 bits per heavy atom. The van der Waals surface area contributed by atoms with E-state index in [1.165, 1.54) is 138 Å². The standard InChI is InChI=1S/C74H56/c1-73(2)69-43-53(49-29-27-47(28-30-49)48-31-33-52(34-32-48)59-21-9-11-23-61(59)63-25-13-17-50-15-5-7-19-57(50)63)35-39-65(69)66-40-36-54(44-70(66)73)55-37-41-67-68-42-38-56(46-72(68)74(3,4)71(67)45-55)60-22-10-12-24-62(60)64-26-14-18-51-16-6-8-20-58(51)64/h5-29,31-46,49H,30H2,1-4H3. The summed E-state index contributed by atoms with van der Waals surface area (Å²) in [6.07, 6.45) is 8.18. The van der Waals surface area contributed by atoms with E-state index in [0.29, 0.717) is 5.92 Å². The fraction of sp³-hybridized carbons (Fsp3) is 0.108. The molecule has 0 heteroatoms. The van der Waals surface area contributed by atoms with Gasteiger partial charge in [-0.15, -0.1) is 0 Å². The lowest BCUT2D eigenvalue weighted by Gasteiger charge is -2.24. The third-order valence-electron chi connectivity index (χ3n) is 17.1. The topological polar surface area (TPSA) is 0 Å². The first kappa shape index (κ1) is 44.1. The summed E-state index contributed by atoms with van der Waals surface area (Å²) in [4.78, 5) is 0. The minimum atomic E-state index is -0.159. The second-order valence-corrected chi connectivity index (χ2v) is 21.9. The number of hydrogen-bond acceptors (Lipinski definition) is 0. The minimum absolute atomic E-state index is 0.130. The Balaban J connectivity index is 0.704. The van der Waals surface area contributed by atoms with Gasteiger partial charge in [-0.25, -0.2) is 0 Å². The lowest BCUT2D eigenvalue weighted by molar-refractivity contribution is 0.658. The first-order valence-corrected chi connectivity index (χ1v) is 26.4. The lowest BCUT2D eigenvalue weighted by Crippen LogP contribution is -2.16. The summed E-state index contributed by atoms with van der Waals surface area (Å²) in [6, 6.07) is 86.4. The highest BCUT2D eigenvalue weighted by Gasteiger charge is 2.38. The van der Waals surface area contributed by atoms with Crippen LogP contribution in [0.3, 0.4) is 0 Å². The van der Waals surface area contributed by atoms with Crippen molar-refractivity contribution in [1.82, 2.24) is 0 Å². The average molecular weight is 945 g/mol. The molecule has 0 amide bonds. The van der Waals surface area contributed by atoms with Crippen LogP contribution < -0.4 is 0 Å². The molecule has 14 rings (SSSR count). The smallest absolute Gasteiger partial charge is 0.0159 e. The Hall–Kier alpha value is -8.58. The fourth-order valence-electron chi connectivity index (χ4n) is 13.0. The van der Waals surface area contributed by atoms with Gasteiger partial charge in [0.1, 0.15) is 0 Å². The van der Waals surface area contributed by atoms with E-state index >= 15 is 0 Å². The summed E-state index contributed by atoms with van der Waals surface area (Å²) < 4.78 is 0. The maximum Gasteiger partial charge on any atom is 0.0159 e. The molecule has 352 valence electrons. The predicted octanol–water partition coefficient (Wildman–Crippen LogP) is 20.1. The second kappa shape index (κ2) is 17.0. The third kappa shape index (κ3) is 7.03. The van der Waals surface area contributed by atoms with Crippen molar-refractivity contribution < 1.29 is 0 Å². The Bertz CT molecular complexity index is 4140. The largest absolute Gasteiger partial charge is 0.0761 e. The van der Waals surface area contributed by atoms with Crippen LogP contribution in [-0.4, -0.2) is 0 Å². The van der Waals surface area contributed by atoms with Crippen molar-refractivity contribution in [3.05, 3.63) is 282 Å². The van der Waals surface area contributed by atoms with Crippen LogP contribution in [0.1, 0.15) is 73.4 Å². The molecule has 0 aliphatic heterocycles. The van der Waals surface area contributed by atoms with E-state index in [-0.39, 0.29) is 10.8 Å². The molecule has 0 radical (unpaired) electrons. The number of hydrogen-bond donors (Lipinski definition) is 0. The second-order valence-electron chi connectivity index (χ2n) is 21.9. The van der Waals surface area contributed by atoms with E-state index in [0.717, 1.165) is 6.42 Å². The molecule has 0 fully saturated rings. The van der Waals surface area contributed by atoms with Gasteiger partial charge >= 0.3 is 0 Å². The molecule has 0 saturated carbocycles. The van der Waals surface area contributed by atoms with Gasteiger partial charge < -0.3 is 0 Å². The number of rotatable bonds is 7. The zero-order valence-corrected chi connectivity index (χ0v) is 42.5. The SMILES string of the molecule is CC1(C)c2cc(-c3ccc4c(c3)C(C)(C)c3cc(C5C=CC(c6ccc(-c7ccccc7-c7cccc8ccccc78)cc6)=CC5)ccc3-4)ccc2-c2ccc(-c3ccccc3-c3cccc4ccccc34)cc21. The third-order valence-corrected chi connectivity index (χ3v) is 17.1. The van der Waals surface area contributed by atoms with Crippen molar-refractivity contribution in [2.75, 3.05) is 0 Å². The molecule has 0 saturated heterocycles. The number of benzene rings is 11. The van der Waals surface area contributed by atoms with Crippen molar-refractivity contribution in [3.8, 4) is 77.9 Å². The van der Waals surface area contributed by atoms with Gasteiger partial charge in [-0.2, -0.15) is 0 Å². The molecule has 1 atom stereocenters. The van der Waals surface area contributed by atoms with E-state index < -0.39 is 0 Å². The van der Waals surface area contributed by atoms with Crippen LogP contribution in [0.25, 0.3) is 105 Å². The Kier molecular flexibility index (Phi) is 10.1. The predicted molar refractivity (Wildman–Crippen MR) is 315 cm³/mol. The molecular weight excluding hydrogens is 889 g/mol. The zero-order chi connectivity index (χ0) is 49.7. The van der Waals surface area contributed by atoms with Gasteiger partial charge in [0, 0.05) is 16.7 Å². The van der Waals surface area contributed by atoms with Crippen molar-refractivity contribution in [2.24, 2.45) is 0 Å². The van der Waals surface area contributed by atoms with Gasteiger partial charge in [0.25, 0.3) is 0 Å². The summed E-state index contributed by atoms with van der Waals surface area (Å²) in [5.74, 6) is 0.333. The molecule has 0 bridgehead atoms. The van der Waals surface area contributed by atoms with Crippen LogP contribution in [0.4, 0.5) is 0 Å². The maximum absolute atomic E-state index is 2.51. The van der Waals surface area contributed by atoms with E-state index in [4.69, 9.17) is 0 Å². The summed E-state index contributed by atoms with van der Waals surface area (Å²) in [5.41, 5.74) is 27.3. The van der Waals surface area contributed by atoms with Gasteiger partial charge in [-0.3, -0.25) is 0 Å². The molecule has 3 aliphatic rings. The molecule has 0 nitrogen and oxygen atoms in total. The Morgan fingerprint density at radius 1 is 0.311 bits per heavy atom. The van der Waals surface area contributed by atoms with Crippen molar-refractivity contribution in [2.45, 2.75) is 50.9 Å². The first-order valence-electron chi connectivity index (χ1n) is 26.4. The number of allylic oxidation sites excluding steroid dienone is 4. The van der Waals surface area contributed by atoms with Crippen LogP contribution in [-0.2, 0) is 10.8 Å².